The lowest BCUT2D eigenvalue weighted by atomic mass is 9.94. The summed E-state index contributed by atoms with van der Waals surface area (Å²) in [5.41, 5.74) is 1.28. The third-order valence-corrected chi connectivity index (χ3v) is 4.79. The number of rotatable bonds is 5. The van der Waals surface area contributed by atoms with Crippen LogP contribution < -0.4 is 10.1 Å². The first-order chi connectivity index (χ1) is 10.2. The Kier molecular flexibility index (Phi) is 4.56. The molecule has 1 aliphatic rings. The summed E-state index contributed by atoms with van der Waals surface area (Å²) in [6.45, 7) is 7.20. The molecule has 0 aliphatic carbocycles. The number of nitrogens with one attached hydrogen (secondary N) is 1. The number of benzene rings is 1. The van der Waals surface area contributed by atoms with Crippen LogP contribution in [0.5, 0.6) is 5.75 Å². The predicted octanol–water partition coefficient (Wildman–Crippen LogP) is 3.80. The molecule has 0 saturated carbocycles. The smallest absolute Gasteiger partial charge is 0.123 e. The van der Waals surface area contributed by atoms with Crippen molar-refractivity contribution in [2.24, 2.45) is 5.92 Å². The Bertz CT molecular complexity index is 594. The summed E-state index contributed by atoms with van der Waals surface area (Å²) in [7, 11) is 0. The van der Waals surface area contributed by atoms with Crippen molar-refractivity contribution in [1.82, 2.24) is 10.3 Å². The highest BCUT2D eigenvalue weighted by molar-refractivity contribution is 7.11. The van der Waals surface area contributed by atoms with Crippen LogP contribution in [-0.4, -0.2) is 18.1 Å². The van der Waals surface area contributed by atoms with Crippen molar-refractivity contribution >= 4 is 11.3 Å². The van der Waals surface area contributed by atoms with E-state index in [0.29, 0.717) is 11.8 Å². The monoisotopic (exact) mass is 302 g/mol. The zero-order valence-electron chi connectivity index (χ0n) is 12.6. The molecular formula is C17H22N2OS. The second-order valence-corrected chi connectivity index (χ2v) is 7.06. The highest BCUT2D eigenvalue weighted by Gasteiger charge is 2.25. The fraction of sp³-hybridized carbons (Fsp3) is 0.471. The molecule has 1 aliphatic heterocycles. The van der Waals surface area contributed by atoms with Gasteiger partial charge in [-0.05, 0) is 24.9 Å². The van der Waals surface area contributed by atoms with E-state index in [1.54, 1.807) is 0 Å². The maximum atomic E-state index is 5.74. The molecule has 4 heteroatoms. The van der Waals surface area contributed by atoms with Crippen molar-refractivity contribution in [2.45, 2.75) is 32.7 Å². The number of thiazole rings is 1. The molecule has 1 aromatic heterocycles. The number of hydrogen-bond acceptors (Lipinski definition) is 4. The minimum absolute atomic E-state index is 0.388. The molecule has 0 bridgehead atoms. The normalized spacial score (nSPS) is 17.6. The van der Waals surface area contributed by atoms with Crippen molar-refractivity contribution in [1.29, 1.82) is 0 Å². The molecule has 2 heterocycles. The highest BCUT2D eigenvalue weighted by atomic mass is 32.1. The summed E-state index contributed by atoms with van der Waals surface area (Å²) < 4.78 is 5.74. The van der Waals surface area contributed by atoms with Crippen LogP contribution in [-0.2, 0) is 6.54 Å². The molecule has 112 valence electrons. The molecule has 2 aromatic rings. The SMILES string of the molecule is CC(C)CNCc1cnc(C2CCOc3ccccc32)s1. The first-order valence-corrected chi connectivity index (χ1v) is 8.42. The first kappa shape index (κ1) is 14.5. The van der Waals surface area contributed by atoms with E-state index in [1.807, 2.05) is 23.6 Å². The van der Waals surface area contributed by atoms with Crippen LogP contribution in [0.15, 0.2) is 30.5 Å². The maximum Gasteiger partial charge on any atom is 0.123 e. The molecule has 0 radical (unpaired) electrons. The highest BCUT2D eigenvalue weighted by Crippen LogP contribution is 2.39. The van der Waals surface area contributed by atoms with Gasteiger partial charge in [0, 0.05) is 29.1 Å². The lowest BCUT2D eigenvalue weighted by molar-refractivity contribution is 0.277. The average Bonchev–Trinajstić information content (AvgIpc) is 2.95. The van der Waals surface area contributed by atoms with Gasteiger partial charge in [-0.2, -0.15) is 0 Å². The van der Waals surface area contributed by atoms with E-state index in [9.17, 15) is 0 Å². The fourth-order valence-electron chi connectivity index (χ4n) is 2.65. The number of fused-ring (bicyclic) bond motifs is 1. The Morgan fingerprint density at radius 1 is 1.38 bits per heavy atom. The van der Waals surface area contributed by atoms with Gasteiger partial charge in [0.05, 0.1) is 6.61 Å². The van der Waals surface area contributed by atoms with E-state index in [1.165, 1.54) is 15.4 Å². The number of hydrogen-bond donors (Lipinski definition) is 1. The quantitative estimate of drug-likeness (QED) is 0.912. The van der Waals surface area contributed by atoms with Gasteiger partial charge in [-0.3, -0.25) is 0 Å². The van der Waals surface area contributed by atoms with E-state index in [2.05, 4.69) is 42.3 Å². The van der Waals surface area contributed by atoms with E-state index in [-0.39, 0.29) is 0 Å². The lowest BCUT2D eigenvalue weighted by Crippen LogP contribution is -2.18. The van der Waals surface area contributed by atoms with Crippen LogP contribution in [0.2, 0.25) is 0 Å². The third kappa shape index (κ3) is 3.44. The van der Waals surface area contributed by atoms with E-state index >= 15 is 0 Å². The van der Waals surface area contributed by atoms with Gasteiger partial charge in [0.15, 0.2) is 0 Å². The van der Waals surface area contributed by atoms with Crippen LogP contribution in [0.4, 0.5) is 0 Å². The summed E-state index contributed by atoms with van der Waals surface area (Å²) in [5, 5.41) is 4.70. The standard InChI is InChI=1S/C17H22N2OS/c1-12(2)9-18-10-13-11-19-17(21-13)15-7-8-20-16-6-4-3-5-14(15)16/h3-6,11-12,15,18H,7-10H2,1-2H3. The lowest BCUT2D eigenvalue weighted by Gasteiger charge is -2.24. The van der Waals surface area contributed by atoms with Gasteiger partial charge >= 0.3 is 0 Å². The minimum Gasteiger partial charge on any atom is -0.493 e. The van der Waals surface area contributed by atoms with Gasteiger partial charge in [0.25, 0.3) is 0 Å². The van der Waals surface area contributed by atoms with Crippen molar-refractivity contribution in [2.75, 3.05) is 13.2 Å². The molecule has 1 N–H and O–H groups in total. The summed E-state index contributed by atoms with van der Waals surface area (Å²) in [6.07, 6.45) is 3.04. The van der Waals surface area contributed by atoms with Crippen molar-refractivity contribution < 1.29 is 4.74 Å². The Balaban J connectivity index is 1.72. The zero-order chi connectivity index (χ0) is 14.7. The van der Waals surface area contributed by atoms with Gasteiger partial charge in [0.2, 0.25) is 0 Å². The molecule has 1 atom stereocenters. The second-order valence-electron chi connectivity index (χ2n) is 5.92. The molecule has 0 spiro atoms. The Labute approximate surface area is 130 Å². The number of ether oxygens (including phenoxy) is 1. The zero-order valence-corrected chi connectivity index (χ0v) is 13.5. The van der Waals surface area contributed by atoms with E-state index in [0.717, 1.165) is 31.9 Å². The van der Waals surface area contributed by atoms with Crippen LogP contribution in [0, 0.1) is 5.92 Å². The Morgan fingerprint density at radius 2 is 2.24 bits per heavy atom. The predicted molar refractivity (Wildman–Crippen MR) is 87.1 cm³/mol. The summed E-state index contributed by atoms with van der Waals surface area (Å²) in [4.78, 5) is 5.97. The van der Waals surface area contributed by atoms with Crippen LogP contribution in [0.25, 0.3) is 0 Å². The van der Waals surface area contributed by atoms with Crippen LogP contribution in [0.3, 0.4) is 0 Å². The Hall–Kier alpha value is -1.39. The van der Waals surface area contributed by atoms with Crippen LogP contribution >= 0.6 is 11.3 Å². The number of para-hydroxylation sites is 1. The minimum atomic E-state index is 0.388. The maximum absolute atomic E-state index is 5.74. The molecule has 1 aromatic carbocycles. The fourth-order valence-corrected chi connectivity index (χ4v) is 3.69. The number of aromatic nitrogens is 1. The van der Waals surface area contributed by atoms with Gasteiger partial charge in [-0.15, -0.1) is 11.3 Å². The largest absolute Gasteiger partial charge is 0.493 e. The molecule has 3 nitrogen and oxygen atoms in total. The molecular weight excluding hydrogens is 280 g/mol. The third-order valence-electron chi connectivity index (χ3n) is 3.68. The summed E-state index contributed by atoms with van der Waals surface area (Å²) in [5.74, 6) is 2.09. The second kappa shape index (κ2) is 6.58. The summed E-state index contributed by atoms with van der Waals surface area (Å²) >= 11 is 1.83. The van der Waals surface area contributed by atoms with Crippen molar-refractivity contribution in [3.05, 3.63) is 45.9 Å². The molecule has 0 amide bonds. The molecule has 1 unspecified atom stereocenters. The van der Waals surface area contributed by atoms with Gasteiger partial charge in [0.1, 0.15) is 10.8 Å². The Morgan fingerprint density at radius 3 is 3.10 bits per heavy atom. The average molecular weight is 302 g/mol. The molecule has 0 fully saturated rings. The van der Waals surface area contributed by atoms with E-state index < -0.39 is 0 Å². The topological polar surface area (TPSA) is 34.2 Å². The van der Waals surface area contributed by atoms with Gasteiger partial charge < -0.3 is 10.1 Å². The molecule has 21 heavy (non-hydrogen) atoms. The van der Waals surface area contributed by atoms with Crippen molar-refractivity contribution in [3.63, 3.8) is 0 Å². The summed E-state index contributed by atoms with van der Waals surface area (Å²) in [6, 6.07) is 8.33. The van der Waals surface area contributed by atoms with Gasteiger partial charge in [-0.25, -0.2) is 4.98 Å². The van der Waals surface area contributed by atoms with Gasteiger partial charge in [-0.1, -0.05) is 32.0 Å². The van der Waals surface area contributed by atoms with Crippen LogP contribution in [0.1, 0.15) is 41.6 Å². The van der Waals surface area contributed by atoms with Crippen molar-refractivity contribution in [3.8, 4) is 5.75 Å². The molecule has 3 rings (SSSR count). The first-order valence-electron chi connectivity index (χ1n) is 7.61. The van der Waals surface area contributed by atoms with E-state index in [4.69, 9.17) is 4.74 Å². The number of nitrogens with zero attached hydrogens (tertiary/aromatic N) is 1. The molecule has 0 saturated heterocycles.